The second kappa shape index (κ2) is 8.39. The van der Waals surface area contributed by atoms with Gasteiger partial charge < -0.3 is 16.0 Å². The van der Waals surface area contributed by atoms with Crippen LogP contribution in [0.1, 0.15) is 41.7 Å². The lowest BCUT2D eigenvalue weighted by atomic mass is 9.90. The highest BCUT2D eigenvalue weighted by Gasteiger charge is 2.34. The fraction of sp³-hybridized carbons (Fsp3) is 0.300. The summed E-state index contributed by atoms with van der Waals surface area (Å²) in [5.74, 6) is -2.04. The molecule has 0 aliphatic carbocycles. The highest BCUT2D eigenvalue weighted by atomic mass is 35.5. The molecular formula is C20H21ClN4O3. The molecule has 7 nitrogen and oxygen atoms in total. The van der Waals surface area contributed by atoms with Gasteiger partial charge in [-0.25, -0.2) is 4.98 Å². The maximum Gasteiger partial charge on any atom is 0.315 e. The Morgan fingerprint density at radius 1 is 1.21 bits per heavy atom. The minimum atomic E-state index is -0.859. The zero-order chi connectivity index (χ0) is 20.3. The zero-order valence-corrected chi connectivity index (χ0v) is 16.1. The SMILES string of the molecule is C[C@H]1CC[C@H](c2cccc(Cl)c2)N(C(=O)C(=O)Nc2ncccc2C(N)=O)C1. The summed E-state index contributed by atoms with van der Waals surface area (Å²) < 4.78 is 0. The first-order valence-electron chi connectivity index (χ1n) is 8.99. The van der Waals surface area contributed by atoms with Gasteiger partial charge in [0.25, 0.3) is 5.91 Å². The average molecular weight is 401 g/mol. The Balaban J connectivity index is 1.84. The molecule has 1 aliphatic rings. The number of carbonyl (C=O) groups is 3. The molecule has 0 unspecified atom stereocenters. The van der Waals surface area contributed by atoms with E-state index in [1.54, 1.807) is 11.0 Å². The van der Waals surface area contributed by atoms with Crippen LogP contribution in [0.5, 0.6) is 0 Å². The summed E-state index contributed by atoms with van der Waals surface area (Å²) in [6.45, 7) is 2.49. The van der Waals surface area contributed by atoms with Crippen LogP contribution in [0.25, 0.3) is 0 Å². The molecule has 1 fully saturated rings. The molecule has 0 radical (unpaired) electrons. The summed E-state index contributed by atoms with van der Waals surface area (Å²) in [5.41, 5.74) is 6.23. The molecule has 0 spiro atoms. The monoisotopic (exact) mass is 400 g/mol. The van der Waals surface area contributed by atoms with E-state index >= 15 is 0 Å². The van der Waals surface area contributed by atoms with Gasteiger partial charge in [-0.05, 0) is 48.6 Å². The second-order valence-electron chi connectivity index (χ2n) is 6.93. The number of anilines is 1. The van der Waals surface area contributed by atoms with Gasteiger partial charge in [0.1, 0.15) is 5.82 Å². The molecule has 2 heterocycles. The van der Waals surface area contributed by atoms with Crippen LogP contribution in [0.3, 0.4) is 0 Å². The number of hydrogen-bond acceptors (Lipinski definition) is 4. The molecule has 0 bridgehead atoms. The van der Waals surface area contributed by atoms with E-state index in [4.69, 9.17) is 17.3 Å². The van der Waals surface area contributed by atoms with Gasteiger partial charge in [0.15, 0.2) is 0 Å². The highest BCUT2D eigenvalue weighted by Crippen LogP contribution is 2.34. The quantitative estimate of drug-likeness (QED) is 0.772. The molecule has 2 aromatic rings. The number of benzene rings is 1. The Labute approximate surface area is 167 Å². The van der Waals surface area contributed by atoms with Gasteiger partial charge in [-0.3, -0.25) is 14.4 Å². The van der Waals surface area contributed by atoms with Crippen molar-refractivity contribution in [3.8, 4) is 0 Å². The van der Waals surface area contributed by atoms with Crippen LogP contribution in [0.4, 0.5) is 5.82 Å². The first-order valence-corrected chi connectivity index (χ1v) is 9.37. The van der Waals surface area contributed by atoms with Crippen molar-refractivity contribution in [2.24, 2.45) is 11.7 Å². The first kappa shape index (κ1) is 19.8. The molecule has 3 rings (SSSR count). The zero-order valence-electron chi connectivity index (χ0n) is 15.4. The normalized spacial score (nSPS) is 19.1. The first-order chi connectivity index (χ1) is 13.4. The number of hydrogen-bond donors (Lipinski definition) is 2. The number of nitrogens with two attached hydrogens (primary N) is 1. The topological polar surface area (TPSA) is 105 Å². The van der Waals surface area contributed by atoms with Crippen molar-refractivity contribution >= 4 is 35.1 Å². The third kappa shape index (κ3) is 4.31. The van der Waals surface area contributed by atoms with Crippen molar-refractivity contribution in [1.82, 2.24) is 9.88 Å². The maximum atomic E-state index is 12.9. The molecule has 3 amide bonds. The molecule has 28 heavy (non-hydrogen) atoms. The van der Waals surface area contributed by atoms with Crippen LogP contribution >= 0.6 is 11.6 Å². The van der Waals surface area contributed by atoms with Crippen LogP contribution in [-0.4, -0.2) is 34.2 Å². The largest absolute Gasteiger partial charge is 0.365 e. The summed E-state index contributed by atoms with van der Waals surface area (Å²) in [6.07, 6.45) is 3.08. The summed E-state index contributed by atoms with van der Waals surface area (Å²) in [4.78, 5) is 42.6. The summed E-state index contributed by atoms with van der Waals surface area (Å²) in [6, 6.07) is 10.0. The van der Waals surface area contributed by atoms with Crippen molar-refractivity contribution < 1.29 is 14.4 Å². The number of aromatic nitrogens is 1. The van der Waals surface area contributed by atoms with E-state index in [1.807, 2.05) is 25.1 Å². The van der Waals surface area contributed by atoms with Gasteiger partial charge >= 0.3 is 11.8 Å². The standard InChI is InChI=1S/C20H21ClN4O3/c1-12-7-8-16(13-4-2-5-14(21)10-13)25(11-12)20(28)19(27)24-18-15(17(22)26)6-3-9-23-18/h2-6,9-10,12,16H,7-8,11H2,1H3,(H2,22,26)(H,23,24,27)/t12-,16+/m0/s1. The van der Waals surface area contributed by atoms with E-state index in [0.717, 1.165) is 18.4 Å². The van der Waals surface area contributed by atoms with Crippen molar-refractivity contribution in [2.45, 2.75) is 25.8 Å². The minimum Gasteiger partial charge on any atom is -0.365 e. The predicted octanol–water partition coefficient (Wildman–Crippen LogP) is 2.77. The maximum absolute atomic E-state index is 12.9. The second-order valence-corrected chi connectivity index (χ2v) is 7.37. The Bertz CT molecular complexity index is 918. The molecule has 0 saturated carbocycles. The van der Waals surface area contributed by atoms with E-state index in [2.05, 4.69) is 10.3 Å². The van der Waals surface area contributed by atoms with Gasteiger partial charge in [-0.15, -0.1) is 0 Å². The molecule has 3 N–H and O–H groups in total. The smallest absolute Gasteiger partial charge is 0.315 e. The molecule has 1 aromatic carbocycles. The van der Waals surface area contributed by atoms with Gasteiger partial charge in [-0.2, -0.15) is 0 Å². The molecular weight excluding hydrogens is 380 g/mol. The fourth-order valence-electron chi connectivity index (χ4n) is 3.43. The van der Waals surface area contributed by atoms with Gasteiger partial charge in [0.2, 0.25) is 0 Å². The van der Waals surface area contributed by atoms with Crippen LogP contribution in [-0.2, 0) is 9.59 Å². The fourth-order valence-corrected chi connectivity index (χ4v) is 3.63. The highest BCUT2D eigenvalue weighted by molar-refractivity contribution is 6.39. The molecule has 1 saturated heterocycles. The summed E-state index contributed by atoms with van der Waals surface area (Å²) in [5, 5.41) is 3.00. The van der Waals surface area contributed by atoms with Gasteiger partial charge in [-0.1, -0.05) is 30.7 Å². The Morgan fingerprint density at radius 2 is 2.00 bits per heavy atom. The Kier molecular flexibility index (Phi) is 5.94. The van der Waals surface area contributed by atoms with Crippen molar-refractivity contribution in [3.05, 3.63) is 58.7 Å². The number of rotatable bonds is 3. The number of piperidine rings is 1. The lowest BCUT2D eigenvalue weighted by Gasteiger charge is -2.38. The summed E-state index contributed by atoms with van der Waals surface area (Å²) in [7, 11) is 0. The van der Waals surface area contributed by atoms with E-state index in [0.29, 0.717) is 11.6 Å². The Hall–Kier alpha value is -2.93. The lowest BCUT2D eigenvalue weighted by molar-refractivity contribution is -0.146. The average Bonchev–Trinajstić information content (AvgIpc) is 2.67. The number of nitrogens with one attached hydrogen (secondary N) is 1. The lowest BCUT2D eigenvalue weighted by Crippen LogP contribution is -2.46. The molecule has 146 valence electrons. The van der Waals surface area contributed by atoms with E-state index < -0.39 is 17.7 Å². The van der Waals surface area contributed by atoms with Crippen molar-refractivity contribution in [3.63, 3.8) is 0 Å². The molecule has 1 aromatic heterocycles. The van der Waals surface area contributed by atoms with Crippen LogP contribution < -0.4 is 11.1 Å². The predicted molar refractivity (Wildman–Crippen MR) is 106 cm³/mol. The van der Waals surface area contributed by atoms with Crippen molar-refractivity contribution in [1.29, 1.82) is 0 Å². The number of carbonyl (C=O) groups excluding carboxylic acids is 3. The third-order valence-electron chi connectivity index (χ3n) is 4.81. The number of amides is 3. The number of pyridine rings is 1. The number of primary amides is 1. The number of nitrogens with zero attached hydrogens (tertiary/aromatic N) is 2. The molecule has 8 heteroatoms. The summed E-state index contributed by atoms with van der Waals surface area (Å²) >= 11 is 6.10. The number of halogens is 1. The molecule has 2 atom stereocenters. The Morgan fingerprint density at radius 3 is 2.71 bits per heavy atom. The van der Waals surface area contributed by atoms with E-state index in [-0.39, 0.29) is 23.3 Å². The molecule has 1 aliphatic heterocycles. The van der Waals surface area contributed by atoms with E-state index in [1.165, 1.54) is 18.3 Å². The van der Waals surface area contributed by atoms with Gasteiger partial charge in [0, 0.05) is 17.8 Å². The van der Waals surface area contributed by atoms with E-state index in [9.17, 15) is 14.4 Å². The minimum absolute atomic E-state index is 0.0299. The number of likely N-dealkylation sites (tertiary alicyclic amines) is 1. The van der Waals surface area contributed by atoms with Crippen molar-refractivity contribution in [2.75, 3.05) is 11.9 Å². The van der Waals surface area contributed by atoms with Gasteiger partial charge in [0.05, 0.1) is 11.6 Å². The third-order valence-corrected chi connectivity index (χ3v) is 5.05. The van der Waals surface area contributed by atoms with Crippen LogP contribution in [0.15, 0.2) is 42.6 Å². The van der Waals surface area contributed by atoms with Crippen LogP contribution in [0, 0.1) is 5.92 Å². The van der Waals surface area contributed by atoms with Crippen LogP contribution in [0.2, 0.25) is 5.02 Å².